The van der Waals surface area contributed by atoms with Crippen LogP contribution in [0, 0.1) is 0 Å². The number of carbonyl (C=O) groups is 1. The van der Waals surface area contributed by atoms with Crippen LogP contribution in [0.25, 0.3) is 0 Å². The Morgan fingerprint density at radius 1 is 1.24 bits per heavy atom. The van der Waals surface area contributed by atoms with Gasteiger partial charge in [-0.3, -0.25) is 24.3 Å². The number of pyridine rings is 1. The molecule has 132 valence electrons. The maximum atomic E-state index is 12.6. The van der Waals surface area contributed by atoms with E-state index in [1.165, 1.54) is 5.56 Å². The van der Waals surface area contributed by atoms with Gasteiger partial charge in [0.15, 0.2) is 0 Å². The van der Waals surface area contributed by atoms with Crippen molar-refractivity contribution in [1.29, 1.82) is 0 Å². The average molecular weight is 340 g/mol. The highest BCUT2D eigenvalue weighted by molar-refractivity contribution is 5.95. The van der Waals surface area contributed by atoms with Crippen molar-refractivity contribution in [2.45, 2.75) is 18.5 Å². The van der Waals surface area contributed by atoms with Crippen molar-refractivity contribution in [2.75, 3.05) is 38.1 Å². The van der Waals surface area contributed by atoms with Crippen molar-refractivity contribution in [3.8, 4) is 0 Å². The van der Waals surface area contributed by atoms with E-state index in [0.29, 0.717) is 6.54 Å². The number of likely N-dealkylation sites (tertiary alicyclic amines) is 1. The maximum Gasteiger partial charge on any atom is 0.241 e. The van der Waals surface area contributed by atoms with Gasteiger partial charge in [0.25, 0.3) is 0 Å². The smallest absolute Gasteiger partial charge is 0.241 e. The van der Waals surface area contributed by atoms with Crippen molar-refractivity contribution in [2.24, 2.45) is 7.05 Å². The summed E-state index contributed by atoms with van der Waals surface area (Å²) in [5, 5.41) is 4.22. The molecule has 2 aromatic rings. The Kier molecular flexibility index (Phi) is 4.05. The molecule has 2 saturated heterocycles. The standard InChI is InChI=1S/C18H24N6O/c1-21-12-17(25)24(16-9-20-22(2)11-16)14-18(21)5-7-23(13-18)10-15-4-3-6-19-8-15/h3-4,6,8-9,11H,5,7,10,12-14H2,1-2H3/t18-/m1/s1. The van der Waals surface area contributed by atoms with Gasteiger partial charge in [-0.15, -0.1) is 0 Å². The minimum absolute atomic E-state index is 0.00591. The summed E-state index contributed by atoms with van der Waals surface area (Å²) in [7, 11) is 3.96. The van der Waals surface area contributed by atoms with E-state index in [1.54, 1.807) is 17.1 Å². The van der Waals surface area contributed by atoms with Crippen LogP contribution >= 0.6 is 0 Å². The molecule has 7 heteroatoms. The molecule has 4 rings (SSSR count). The molecule has 0 bridgehead atoms. The molecule has 0 saturated carbocycles. The van der Waals surface area contributed by atoms with E-state index in [0.717, 1.165) is 38.3 Å². The SMILES string of the molecule is CN1CC(=O)N(c2cnn(C)c2)C[C@]12CCN(Cc1cccnc1)C2. The zero-order valence-corrected chi connectivity index (χ0v) is 14.8. The zero-order valence-electron chi connectivity index (χ0n) is 14.8. The molecular weight excluding hydrogens is 316 g/mol. The molecule has 0 aromatic carbocycles. The van der Waals surface area contributed by atoms with Gasteiger partial charge in [0.05, 0.1) is 24.0 Å². The number of rotatable bonds is 3. The Hall–Kier alpha value is -2.25. The van der Waals surface area contributed by atoms with Crippen LogP contribution in [-0.4, -0.2) is 69.2 Å². The van der Waals surface area contributed by atoms with E-state index < -0.39 is 0 Å². The largest absolute Gasteiger partial charge is 0.306 e. The summed E-state index contributed by atoms with van der Waals surface area (Å²) in [6, 6.07) is 4.10. The molecule has 1 spiro atoms. The first-order chi connectivity index (χ1) is 12.1. The summed E-state index contributed by atoms with van der Waals surface area (Å²) in [6.45, 7) is 4.08. The van der Waals surface area contributed by atoms with Crippen molar-refractivity contribution >= 4 is 11.6 Å². The lowest BCUT2D eigenvalue weighted by Gasteiger charge is -2.46. The summed E-state index contributed by atoms with van der Waals surface area (Å²) in [5.74, 6) is 0.145. The molecular formula is C18H24N6O. The maximum absolute atomic E-state index is 12.6. The van der Waals surface area contributed by atoms with Gasteiger partial charge in [0, 0.05) is 51.8 Å². The van der Waals surface area contributed by atoms with Crippen LogP contribution in [0.1, 0.15) is 12.0 Å². The summed E-state index contributed by atoms with van der Waals surface area (Å²) in [4.78, 5) is 23.4. The number of hydrogen-bond acceptors (Lipinski definition) is 5. The molecule has 4 heterocycles. The lowest BCUT2D eigenvalue weighted by molar-refractivity contribution is -0.123. The Labute approximate surface area is 147 Å². The molecule has 25 heavy (non-hydrogen) atoms. The topological polar surface area (TPSA) is 57.5 Å². The van der Waals surface area contributed by atoms with Crippen LogP contribution in [-0.2, 0) is 18.4 Å². The van der Waals surface area contributed by atoms with E-state index >= 15 is 0 Å². The van der Waals surface area contributed by atoms with Gasteiger partial charge in [-0.25, -0.2) is 0 Å². The number of anilines is 1. The van der Waals surface area contributed by atoms with E-state index in [-0.39, 0.29) is 11.4 Å². The fraction of sp³-hybridized carbons (Fsp3) is 0.500. The number of aryl methyl sites for hydroxylation is 1. The second-order valence-corrected chi connectivity index (χ2v) is 7.25. The fourth-order valence-corrected chi connectivity index (χ4v) is 4.01. The van der Waals surface area contributed by atoms with Crippen LogP contribution in [0.5, 0.6) is 0 Å². The highest BCUT2D eigenvalue weighted by Crippen LogP contribution is 2.33. The number of piperazine rings is 1. The summed E-state index contributed by atoms with van der Waals surface area (Å²) < 4.78 is 1.75. The monoisotopic (exact) mass is 340 g/mol. The third kappa shape index (κ3) is 3.05. The first-order valence-electron chi connectivity index (χ1n) is 8.67. The van der Waals surface area contributed by atoms with Crippen LogP contribution in [0.3, 0.4) is 0 Å². The first-order valence-corrected chi connectivity index (χ1v) is 8.67. The molecule has 1 amide bonds. The molecule has 2 aliphatic rings. The quantitative estimate of drug-likeness (QED) is 0.825. The van der Waals surface area contributed by atoms with Crippen LogP contribution in [0.15, 0.2) is 36.9 Å². The number of hydrogen-bond donors (Lipinski definition) is 0. The third-order valence-corrected chi connectivity index (χ3v) is 5.48. The Balaban J connectivity index is 1.51. The number of likely N-dealkylation sites (N-methyl/N-ethyl adjacent to an activating group) is 1. The van der Waals surface area contributed by atoms with Gasteiger partial charge in [0.1, 0.15) is 0 Å². The second-order valence-electron chi connectivity index (χ2n) is 7.25. The molecule has 7 nitrogen and oxygen atoms in total. The van der Waals surface area contributed by atoms with E-state index in [9.17, 15) is 4.79 Å². The van der Waals surface area contributed by atoms with Crippen LogP contribution in [0.4, 0.5) is 5.69 Å². The predicted molar refractivity (Wildman–Crippen MR) is 95.1 cm³/mol. The number of carbonyl (C=O) groups excluding carboxylic acids is 1. The van der Waals surface area contributed by atoms with Crippen molar-refractivity contribution < 1.29 is 4.79 Å². The van der Waals surface area contributed by atoms with E-state index in [2.05, 4.69) is 33.0 Å². The molecule has 2 fully saturated rings. The van der Waals surface area contributed by atoms with E-state index in [4.69, 9.17) is 0 Å². The molecule has 1 atom stereocenters. The normalized spacial score (nSPS) is 25.2. The molecule has 2 aliphatic heterocycles. The predicted octanol–water partition coefficient (Wildman–Crippen LogP) is 0.738. The van der Waals surface area contributed by atoms with Gasteiger partial charge in [0.2, 0.25) is 5.91 Å². The van der Waals surface area contributed by atoms with Gasteiger partial charge >= 0.3 is 0 Å². The summed E-state index contributed by atoms with van der Waals surface area (Å²) in [5.41, 5.74) is 2.13. The van der Waals surface area contributed by atoms with Gasteiger partial charge in [-0.1, -0.05) is 6.07 Å². The van der Waals surface area contributed by atoms with Crippen molar-refractivity contribution in [1.82, 2.24) is 24.6 Å². The zero-order chi connectivity index (χ0) is 17.4. The lowest BCUT2D eigenvalue weighted by atomic mass is 9.93. The molecule has 0 unspecified atom stereocenters. The number of nitrogens with zero attached hydrogens (tertiary/aromatic N) is 6. The third-order valence-electron chi connectivity index (χ3n) is 5.48. The summed E-state index contributed by atoms with van der Waals surface area (Å²) in [6.07, 6.45) is 8.49. The Bertz CT molecular complexity index is 760. The minimum Gasteiger partial charge on any atom is -0.306 e. The second kappa shape index (κ2) is 6.24. The van der Waals surface area contributed by atoms with Crippen LogP contribution < -0.4 is 4.90 Å². The molecule has 0 N–H and O–H groups in total. The highest BCUT2D eigenvalue weighted by atomic mass is 16.2. The fourth-order valence-electron chi connectivity index (χ4n) is 4.01. The number of aromatic nitrogens is 3. The summed E-state index contributed by atoms with van der Waals surface area (Å²) >= 11 is 0. The number of amides is 1. The minimum atomic E-state index is 0.00591. The molecule has 0 aliphatic carbocycles. The first kappa shape index (κ1) is 16.2. The van der Waals surface area contributed by atoms with Crippen LogP contribution in [0.2, 0.25) is 0 Å². The lowest BCUT2D eigenvalue weighted by Crippen LogP contribution is -2.64. The van der Waals surface area contributed by atoms with Gasteiger partial charge < -0.3 is 4.90 Å². The average Bonchev–Trinajstić information content (AvgIpc) is 3.20. The van der Waals surface area contributed by atoms with Crippen molar-refractivity contribution in [3.63, 3.8) is 0 Å². The highest BCUT2D eigenvalue weighted by Gasteiger charge is 2.47. The van der Waals surface area contributed by atoms with Crippen molar-refractivity contribution in [3.05, 3.63) is 42.5 Å². The molecule has 0 radical (unpaired) electrons. The molecule has 2 aromatic heterocycles. The Morgan fingerprint density at radius 3 is 2.84 bits per heavy atom. The van der Waals surface area contributed by atoms with E-state index in [1.807, 2.05) is 30.4 Å². The Morgan fingerprint density at radius 2 is 2.12 bits per heavy atom. The van der Waals surface area contributed by atoms with Gasteiger partial charge in [-0.2, -0.15) is 5.10 Å². The van der Waals surface area contributed by atoms with Gasteiger partial charge in [-0.05, 0) is 25.1 Å².